The number of quaternary nitrogens is 1. The Balaban J connectivity index is 4.43. The molecule has 0 aliphatic carbocycles. The van der Waals surface area contributed by atoms with E-state index in [0.29, 0.717) is 23.9 Å². The molecule has 10 heteroatoms. The van der Waals surface area contributed by atoms with Gasteiger partial charge in [0.1, 0.15) is 19.8 Å². The minimum Gasteiger partial charge on any atom is -0.462 e. The minimum absolute atomic E-state index is 0.0232. The van der Waals surface area contributed by atoms with Gasteiger partial charge >= 0.3 is 19.8 Å². The van der Waals surface area contributed by atoms with Crippen LogP contribution in [-0.4, -0.2) is 74.9 Å². The average molecular weight is 811 g/mol. The van der Waals surface area contributed by atoms with Gasteiger partial charge in [-0.3, -0.25) is 18.6 Å². The molecule has 0 fully saturated rings. The fourth-order valence-electron chi connectivity index (χ4n) is 5.78. The Hall–Kier alpha value is -2.03. The van der Waals surface area contributed by atoms with Crippen molar-refractivity contribution in [1.29, 1.82) is 0 Å². The quantitative estimate of drug-likeness (QED) is 0.0214. The Morgan fingerprint density at radius 3 is 1.52 bits per heavy atom. The SMILES string of the molecule is CCCCC/C=C/C/C=C/C/C=C/CCCCCCC(=O)OC[C@H](COP(=O)(O)OCC[N+](C)(C)C)OC(=O)CCCC/C=C/CCCCCCCCCCC. The molecule has 0 aliphatic heterocycles. The molecule has 56 heavy (non-hydrogen) atoms. The summed E-state index contributed by atoms with van der Waals surface area (Å²) in [4.78, 5) is 35.3. The number of carbonyl (C=O) groups excluding carboxylic acids is 2. The van der Waals surface area contributed by atoms with E-state index in [1.807, 2.05) is 21.1 Å². The monoisotopic (exact) mass is 811 g/mol. The lowest BCUT2D eigenvalue weighted by molar-refractivity contribution is -0.870. The zero-order valence-corrected chi connectivity index (χ0v) is 37.5. The standard InChI is InChI=1S/C46H84NO8P/c1-6-8-10-12-14-16-18-20-22-23-25-26-28-30-32-34-36-38-45(48)52-42-44(43-54-56(50,51)53-41-40-47(3,4)5)55-46(49)39-37-35-33-31-29-27-24-21-19-17-15-13-11-9-7-2/h14,16,20,22,25-26,29,31,44H,6-13,15,17-19,21,23-24,27-28,30,32-43H2,1-5H3/p+1/b16-14+,22-20+,26-25+,31-29+/t44-/m1/s1. The number of allylic oxidation sites excluding steroid dienone is 8. The first-order chi connectivity index (χ1) is 27.0. The molecule has 0 amide bonds. The average Bonchev–Trinajstić information content (AvgIpc) is 3.15. The molecule has 0 aliphatic rings. The second-order valence-corrected chi connectivity index (χ2v) is 17.5. The zero-order valence-electron chi connectivity index (χ0n) is 36.6. The van der Waals surface area contributed by atoms with Crippen LogP contribution in [0.15, 0.2) is 48.6 Å². The number of hydrogen-bond donors (Lipinski definition) is 1. The lowest BCUT2D eigenvalue weighted by atomic mass is 10.1. The van der Waals surface area contributed by atoms with Crippen LogP contribution in [0.1, 0.15) is 181 Å². The fraction of sp³-hybridized carbons (Fsp3) is 0.783. The van der Waals surface area contributed by atoms with E-state index in [9.17, 15) is 19.0 Å². The molecule has 0 saturated carbocycles. The van der Waals surface area contributed by atoms with Crippen molar-refractivity contribution in [1.82, 2.24) is 0 Å². The van der Waals surface area contributed by atoms with E-state index >= 15 is 0 Å². The van der Waals surface area contributed by atoms with E-state index in [1.165, 1.54) is 83.5 Å². The number of nitrogens with zero attached hydrogens (tertiary/aromatic N) is 1. The number of esters is 2. The highest BCUT2D eigenvalue weighted by Gasteiger charge is 2.27. The van der Waals surface area contributed by atoms with Gasteiger partial charge < -0.3 is 18.9 Å². The summed E-state index contributed by atoms with van der Waals surface area (Å²) in [7, 11) is 1.45. The second kappa shape index (κ2) is 38.5. The highest BCUT2D eigenvalue weighted by molar-refractivity contribution is 7.47. The number of likely N-dealkylation sites (N-methyl/N-ethyl adjacent to an activating group) is 1. The summed E-state index contributed by atoms with van der Waals surface area (Å²) in [5.74, 6) is -0.850. The molecule has 2 atom stereocenters. The van der Waals surface area contributed by atoms with Crippen LogP contribution in [0.2, 0.25) is 0 Å². The van der Waals surface area contributed by atoms with Crippen molar-refractivity contribution in [3.8, 4) is 0 Å². The maximum atomic E-state index is 12.7. The Labute approximate surface area is 343 Å². The topological polar surface area (TPSA) is 108 Å². The summed E-state index contributed by atoms with van der Waals surface area (Å²) in [6, 6.07) is 0. The second-order valence-electron chi connectivity index (χ2n) is 16.1. The smallest absolute Gasteiger partial charge is 0.462 e. The number of ether oxygens (including phenoxy) is 2. The number of rotatable bonds is 40. The van der Waals surface area contributed by atoms with Gasteiger partial charge in [0.2, 0.25) is 0 Å². The van der Waals surface area contributed by atoms with Gasteiger partial charge in [0.05, 0.1) is 27.7 Å². The van der Waals surface area contributed by atoms with Crippen LogP contribution < -0.4 is 0 Å². The molecule has 326 valence electrons. The summed E-state index contributed by atoms with van der Waals surface area (Å²) in [6.45, 7) is 4.34. The lowest BCUT2D eigenvalue weighted by Gasteiger charge is -2.24. The number of carbonyl (C=O) groups is 2. The number of unbranched alkanes of at least 4 members (excludes halogenated alkanes) is 18. The normalized spacial score (nSPS) is 14.0. The molecular weight excluding hydrogens is 725 g/mol. The Morgan fingerprint density at radius 1 is 0.554 bits per heavy atom. The van der Waals surface area contributed by atoms with Crippen LogP contribution in [0.5, 0.6) is 0 Å². The first kappa shape index (κ1) is 54.0. The van der Waals surface area contributed by atoms with Gasteiger partial charge in [-0.15, -0.1) is 0 Å². The van der Waals surface area contributed by atoms with Gasteiger partial charge in [-0.1, -0.05) is 140 Å². The van der Waals surface area contributed by atoms with Crippen molar-refractivity contribution in [2.75, 3.05) is 47.5 Å². The Kier molecular flexibility index (Phi) is 37.1. The van der Waals surface area contributed by atoms with Crippen molar-refractivity contribution in [3.05, 3.63) is 48.6 Å². The molecule has 0 rings (SSSR count). The Bertz CT molecular complexity index is 1100. The molecule has 1 unspecified atom stereocenters. The molecule has 0 heterocycles. The predicted molar refractivity (Wildman–Crippen MR) is 233 cm³/mol. The summed E-state index contributed by atoms with van der Waals surface area (Å²) in [5.41, 5.74) is 0. The summed E-state index contributed by atoms with van der Waals surface area (Å²) < 4.78 is 34.3. The Morgan fingerprint density at radius 2 is 0.964 bits per heavy atom. The third-order valence-electron chi connectivity index (χ3n) is 9.33. The predicted octanol–water partition coefficient (Wildman–Crippen LogP) is 12.7. The maximum absolute atomic E-state index is 12.7. The van der Waals surface area contributed by atoms with E-state index in [2.05, 4.69) is 62.5 Å². The largest absolute Gasteiger partial charge is 0.472 e. The summed E-state index contributed by atoms with van der Waals surface area (Å²) in [5, 5.41) is 0. The highest BCUT2D eigenvalue weighted by atomic mass is 31.2. The van der Waals surface area contributed by atoms with Gasteiger partial charge in [0.15, 0.2) is 6.10 Å². The van der Waals surface area contributed by atoms with Gasteiger partial charge in [-0.05, 0) is 77.0 Å². The summed E-state index contributed by atoms with van der Waals surface area (Å²) >= 11 is 0. The van der Waals surface area contributed by atoms with E-state index in [4.69, 9.17) is 18.5 Å². The minimum atomic E-state index is -4.39. The van der Waals surface area contributed by atoms with Crippen LogP contribution >= 0.6 is 7.82 Å². The van der Waals surface area contributed by atoms with Gasteiger partial charge in [-0.2, -0.15) is 0 Å². The summed E-state index contributed by atoms with van der Waals surface area (Å²) in [6.07, 6.45) is 44.4. The van der Waals surface area contributed by atoms with Gasteiger partial charge in [-0.25, -0.2) is 4.57 Å². The van der Waals surface area contributed by atoms with Crippen LogP contribution in [0.4, 0.5) is 0 Å². The molecule has 1 N–H and O–H groups in total. The van der Waals surface area contributed by atoms with Crippen molar-refractivity contribution in [3.63, 3.8) is 0 Å². The van der Waals surface area contributed by atoms with E-state index in [1.54, 1.807) is 0 Å². The van der Waals surface area contributed by atoms with E-state index in [-0.39, 0.29) is 26.1 Å². The van der Waals surface area contributed by atoms with Crippen molar-refractivity contribution in [2.45, 2.75) is 187 Å². The number of phosphoric acid groups is 1. The first-order valence-corrected chi connectivity index (χ1v) is 23.9. The molecule has 0 aromatic rings. The maximum Gasteiger partial charge on any atom is 0.472 e. The number of hydrogen-bond acceptors (Lipinski definition) is 7. The van der Waals surface area contributed by atoms with Crippen molar-refractivity contribution in [2.24, 2.45) is 0 Å². The van der Waals surface area contributed by atoms with Crippen LogP contribution in [0.3, 0.4) is 0 Å². The number of phosphoric ester groups is 1. The lowest BCUT2D eigenvalue weighted by Crippen LogP contribution is -2.37. The van der Waals surface area contributed by atoms with Crippen molar-refractivity contribution >= 4 is 19.8 Å². The third kappa shape index (κ3) is 41.6. The molecule has 0 spiro atoms. The molecule has 0 saturated heterocycles. The fourth-order valence-corrected chi connectivity index (χ4v) is 6.52. The first-order valence-electron chi connectivity index (χ1n) is 22.4. The molecule has 0 aromatic heterocycles. The molecule has 0 radical (unpaired) electrons. The molecule has 0 aromatic carbocycles. The zero-order chi connectivity index (χ0) is 41.4. The van der Waals surface area contributed by atoms with Crippen molar-refractivity contribution < 1.29 is 42.1 Å². The van der Waals surface area contributed by atoms with E-state index in [0.717, 1.165) is 57.8 Å². The van der Waals surface area contributed by atoms with Crippen LogP contribution in [0.25, 0.3) is 0 Å². The third-order valence-corrected chi connectivity index (χ3v) is 10.3. The van der Waals surface area contributed by atoms with Gasteiger partial charge in [0, 0.05) is 12.8 Å². The van der Waals surface area contributed by atoms with Crippen LogP contribution in [-0.2, 0) is 32.7 Å². The highest BCUT2D eigenvalue weighted by Crippen LogP contribution is 2.43. The van der Waals surface area contributed by atoms with E-state index < -0.39 is 32.5 Å². The van der Waals surface area contributed by atoms with Gasteiger partial charge in [0.25, 0.3) is 0 Å². The molecule has 9 nitrogen and oxygen atoms in total. The molecular formula is C46H85NO8P+. The molecule has 0 bridgehead atoms. The van der Waals surface area contributed by atoms with Crippen LogP contribution in [0, 0.1) is 0 Å².